The molecule has 0 aliphatic carbocycles. The topological polar surface area (TPSA) is 137 Å². The van der Waals surface area contributed by atoms with Gasteiger partial charge in [0, 0.05) is 38.2 Å². The van der Waals surface area contributed by atoms with E-state index in [1.807, 2.05) is 31.2 Å². The highest BCUT2D eigenvalue weighted by atomic mass is 16.2. The van der Waals surface area contributed by atoms with Crippen molar-refractivity contribution < 1.29 is 14.4 Å². The molecule has 9 heteroatoms. The van der Waals surface area contributed by atoms with Gasteiger partial charge >= 0.3 is 0 Å². The molecule has 1 aromatic carbocycles. The average molecular weight is 467 g/mol. The van der Waals surface area contributed by atoms with Gasteiger partial charge in [-0.2, -0.15) is 0 Å². The molecule has 182 valence electrons. The summed E-state index contributed by atoms with van der Waals surface area (Å²) in [5.74, 6) is 1.08. The first-order valence-corrected chi connectivity index (χ1v) is 11.8. The highest BCUT2D eigenvalue weighted by Crippen LogP contribution is 2.29. The molecule has 2 aromatic heterocycles. The summed E-state index contributed by atoms with van der Waals surface area (Å²) in [7, 11) is 0. The van der Waals surface area contributed by atoms with Crippen LogP contribution < -0.4 is 11.5 Å². The average Bonchev–Trinajstić information content (AvgIpc) is 3.17. The van der Waals surface area contributed by atoms with E-state index in [-0.39, 0.29) is 17.5 Å². The third kappa shape index (κ3) is 5.77. The van der Waals surface area contributed by atoms with Gasteiger partial charge in [-0.25, -0.2) is 9.97 Å². The lowest BCUT2D eigenvalue weighted by atomic mass is 10.0. The number of aryl methyl sites for hydroxylation is 1. The molecule has 34 heavy (non-hydrogen) atoms. The molecule has 3 aromatic rings. The van der Waals surface area contributed by atoms with Gasteiger partial charge in [0.1, 0.15) is 22.9 Å². The van der Waals surface area contributed by atoms with E-state index in [0.717, 1.165) is 28.7 Å². The van der Waals surface area contributed by atoms with Gasteiger partial charge in [-0.3, -0.25) is 9.59 Å². The van der Waals surface area contributed by atoms with Crippen LogP contribution >= 0.6 is 0 Å². The molecular formula is C25H34N6O3. The van der Waals surface area contributed by atoms with Crippen molar-refractivity contribution in [3.8, 4) is 0 Å². The zero-order valence-corrected chi connectivity index (χ0v) is 20.2. The lowest BCUT2D eigenvalue weighted by Gasteiger charge is -2.19. The third-order valence-corrected chi connectivity index (χ3v) is 6.12. The SMILES string of the molecule is CCN(Cc1nc2c(N)nc3ccccc3c2n1CCCCC(=O)[C@@H](N)CCC(C)=O)C(C)=O. The minimum Gasteiger partial charge on any atom is -0.382 e. The Morgan fingerprint density at radius 1 is 1.09 bits per heavy atom. The van der Waals surface area contributed by atoms with Crippen molar-refractivity contribution in [2.75, 3.05) is 12.3 Å². The lowest BCUT2D eigenvalue weighted by Crippen LogP contribution is -2.30. The van der Waals surface area contributed by atoms with Gasteiger partial charge in [0.05, 0.1) is 23.6 Å². The maximum atomic E-state index is 12.4. The number of para-hydroxylation sites is 1. The van der Waals surface area contributed by atoms with Crippen molar-refractivity contribution in [2.24, 2.45) is 5.73 Å². The highest BCUT2D eigenvalue weighted by molar-refractivity contribution is 6.06. The number of imidazole rings is 1. The van der Waals surface area contributed by atoms with Crippen molar-refractivity contribution in [1.82, 2.24) is 19.4 Å². The summed E-state index contributed by atoms with van der Waals surface area (Å²) in [5, 5.41) is 0.943. The van der Waals surface area contributed by atoms with Crippen LogP contribution in [0.5, 0.6) is 0 Å². The molecule has 1 atom stereocenters. The van der Waals surface area contributed by atoms with Gasteiger partial charge in [0.2, 0.25) is 5.91 Å². The van der Waals surface area contributed by atoms with Crippen molar-refractivity contribution in [2.45, 2.75) is 72.0 Å². The van der Waals surface area contributed by atoms with E-state index in [4.69, 9.17) is 16.5 Å². The number of fused-ring (bicyclic) bond motifs is 3. The quantitative estimate of drug-likeness (QED) is 0.391. The third-order valence-electron chi connectivity index (χ3n) is 6.12. The number of nitrogens with two attached hydrogens (primary N) is 2. The maximum Gasteiger partial charge on any atom is 0.219 e. The number of nitrogens with zero attached hydrogens (tertiary/aromatic N) is 4. The first-order chi connectivity index (χ1) is 16.2. The van der Waals surface area contributed by atoms with Crippen LogP contribution in [-0.2, 0) is 27.5 Å². The number of aromatic nitrogens is 3. The number of pyridine rings is 1. The van der Waals surface area contributed by atoms with Gasteiger partial charge in [0.25, 0.3) is 0 Å². The molecule has 0 aliphatic heterocycles. The molecule has 0 unspecified atom stereocenters. The van der Waals surface area contributed by atoms with Crippen LogP contribution in [0.25, 0.3) is 21.9 Å². The first kappa shape index (κ1) is 25.3. The normalized spacial score (nSPS) is 12.2. The number of ketones is 2. The fourth-order valence-electron chi connectivity index (χ4n) is 4.16. The Labute approximate surface area is 199 Å². The summed E-state index contributed by atoms with van der Waals surface area (Å²) < 4.78 is 2.10. The summed E-state index contributed by atoms with van der Waals surface area (Å²) in [6, 6.07) is 7.17. The van der Waals surface area contributed by atoms with Gasteiger partial charge < -0.3 is 25.7 Å². The largest absolute Gasteiger partial charge is 0.382 e. The van der Waals surface area contributed by atoms with Crippen LogP contribution in [0.4, 0.5) is 5.82 Å². The zero-order valence-electron chi connectivity index (χ0n) is 20.2. The monoisotopic (exact) mass is 466 g/mol. The van der Waals surface area contributed by atoms with Crippen molar-refractivity contribution in [3.05, 3.63) is 30.1 Å². The molecule has 0 aliphatic rings. The summed E-state index contributed by atoms with van der Waals surface area (Å²) in [6.45, 7) is 6.53. The Kier molecular flexibility index (Phi) is 8.33. The molecule has 9 nitrogen and oxygen atoms in total. The Bertz CT molecular complexity index is 1200. The van der Waals surface area contributed by atoms with Crippen LogP contribution in [0.15, 0.2) is 24.3 Å². The Morgan fingerprint density at radius 3 is 2.50 bits per heavy atom. The van der Waals surface area contributed by atoms with E-state index in [9.17, 15) is 14.4 Å². The standard InChI is InChI=1S/C25H34N6O3/c1-4-30(17(3)33)15-22-29-23-24(18-9-5-6-10-20(18)28-25(23)27)31(22)14-8-7-11-21(34)19(26)13-12-16(2)32/h5-6,9-10,19H,4,7-8,11-15,26H2,1-3H3,(H2,27,28)/t19-/m0/s1. The summed E-state index contributed by atoms with van der Waals surface area (Å²) in [4.78, 5) is 46.6. The minimum atomic E-state index is -0.600. The number of amides is 1. The number of carbonyl (C=O) groups excluding carboxylic acids is 3. The fourth-order valence-corrected chi connectivity index (χ4v) is 4.16. The van der Waals surface area contributed by atoms with Crippen LogP contribution in [0.2, 0.25) is 0 Å². The second-order valence-electron chi connectivity index (χ2n) is 8.69. The predicted octanol–water partition coefficient (Wildman–Crippen LogP) is 2.97. The van der Waals surface area contributed by atoms with Crippen LogP contribution in [0.1, 0.15) is 58.7 Å². The van der Waals surface area contributed by atoms with Crippen LogP contribution in [-0.4, -0.2) is 49.5 Å². The van der Waals surface area contributed by atoms with Crippen molar-refractivity contribution in [1.29, 1.82) is 0 Å². The number of anilines is 1. The fraction of sp³-hybridized carbons (Fsp3) is 0.480. The number of unbranched alkanes of at least 4 members (excludes halogenated alkanes) is 1. The number of hydrogen-bond acceptors (Lipinski definition) is 7. The van der Waals surface area contributed by atoms with Crippen LogP contribution in [0, 0.1) is 0 Å². The van der Waals surface area contributed by atoms with Crippen molar-refractivity contribution in [3.63, 3.8) is 0 Å². The van der Waals surface area contributed by atoms with E-state index < -0.39 is 6.04 Å². The highest BCUT2D eigenvalue weighted by Gasteiger charge is 2.20. The van der Waals surface area contributed by atoms with E-state index >= 15 is 0 Å². The molecule has 0 saturated carbocycles. The minimum absolute atomic E-state index is 0.0235. The number of hydrogen-bond donors (Lipinski definition) is 2. The number of Topliss-reactive ketones (excluding diaryl/α,β-unsaturated/α-hetero) is 2. The lowest BCUT2D eigenvalue weighted by molar-refractivity contribution is -0.129. The van der Waals surface area contributed by atoms with Gasteiger partial charge in [-0.15, -0.1) is 0 Å². The molecular weight excluding hydrogens is 432 g/mol. The Balaban J connectivity index is 1.85. The summed E-state index contributed by atoms with van der Waals surface area (Å²) >= 11 is 0. The smallest absolute Gasteiger partial charge is 0.219 e. The molecule has 0 fully saturated rings. The number of rotatable bonds is 12. The molecule has 0 radical (unpaired) electrons. The number of benzene rings is 1. The zero-order chi connectivity index (χ0) is 24.8. The summed E-state index contributed by atoms with van der Waals surface area (Å²) in [6.07, 6.45) is 2.46. The van der Waals surface area contributed by atoms with Gasteiger partial charge in [-0.05, 0) is 39.2 Å². The van der Waals surface area contributed by atoms with E-state index in [1.165, 1.54) is 6.92 Å². The Morgan fingerprint density at radius 2 is 1.82 bits per heavy atom. The van der Waals surface area contributed by atoms with Gasteiger partial charge in [0.15, 0.2) is 5.82 Å². The Hall–Kier alpha value is -3.33. The molecule has 0 spiro atoms. The second kappa shape index (κ2) is 11.2. The first-order valence-electron chi connectivity index (χ1n) is 11.8. The molecule has 0 bridgehead atoms. The van der Waals surface area contributed by atoms with Crippen molar-refractivity contribution >= 4 is 45.2 Å². The molecule has 0 saturated heterocycles. The van der Waals surface area contributed by atoms with E-state index in [1.54, 1.807) is 11.8 Å². The molecule has 4 N–H and O–H groups in total. The second-order valence-corrected chi connectivity index (χ2v) is 8.69. The van der Waals surface area contributed by atoms with Gasteiger partial charge in [-0.1, -0.05) is 18.2 Å². The van der Waals surface area contributed by atoms with E-state index in [0.29, 0.717) is 56.7 Å². The van der Waals surface area contributed by atoms with E-state index in [2.05, 4.69) is 9.55 Å². The molecule has 1 amide bonds. The number of nitrogen functional groups attached to an aromatic ring is 1. The molecule has 3 rings (SSSR count). The maximum absolute atomic E-state index is 12.4. The summed E-state index contributed by atoms with van der Waals surface area (Å²) in [5.41, 5.74) is 14.5. The predicted molar refractivity (Wildman–Crippen MR) is 133 cm³/mol. The van der Waals surface area contributed by atoms with Crippen LogP contribution in [0.3, 0.4) is 0 Å². The number of carbonyl (C=O) groups is 3. The molecule has 2 heterocycles.